The van der Waals surface area contributed by atoms with Crippen LogP contribution in [-0.2, 0) is 9.59 Å². The first-order chi connectivity index (χ1) is 9.12. The van der Waals surface area contributed by atoms with Gasteiger partial charge in [-0.25, -0.2) is 0 Å². The third kappa shape index (κ3) is 3.71. The van der Waals surface area contributed by atoms with E-state index in [9.17, 15) is 14.7 Å². The molecule has 4 nitrogen and oxygen atoms in total. The largest absolute Gasteiger partial charge is 0.481 e. The highest BCUT2D eigenvalue weighted by atomic mass is 16.4. The molecule has 0 unspecified atom stereocenters. The number of aliphatic carboxylic acids is 1. The van der Waals surface area contributed by atoms with Crippen LogP contribution in [0.3, 0.4) is 0 Å². The fourth-order valence-corrected chi connectivity index (χ4v) is 3.60. The van der Waals surface area contributed by atoms with Crippen molar-refractivity contribution in [2.45, 2.75) is 64.2 Å². The van der Waals surface area contributed by atoms with Crippen LogP contribution in [0.25, 0.3) is 0 Å². The van der Waals surface area contributed by atoms with Crippen LogP contribution in [-0.4, -0.2) is 23.5 Å². The number of carbonyl (C=O) groups excluding carboxylic acids is 1. The average molecular weight is 267 g/mol. The van der Waals surface area contributed by atoms with Crippen LogP contribution in [0.15, 0.2) is 0 Å². The summed E-state index contributed by atoms with van der Waals surface area (Å²) in [7, 11) is 0. The highest BCUT2D eigenvalue weighted by Gasteiger charge is 2.42. The molecule has 0 spiro atoms. The Morgan fingerprint density at radius 2 is 1.74 bits per heavy atom. The number of amides is 1. The van der Waals surface area contributed by atoms with Crippen molar-refractivity contribution >= 4 is 11.9 Å². The van der Waals surface area contributed by atoms with Crippen LogP contribution in [0.4, 0.5) is 0 Å². The summed E-state index contributed by atoms with van der Waals surface area (Å²) in [6, 6.07) is 0. The van der Waals surface area contributed by atoms with E-state index in [2.05, 4.69) is 5.32 Å². The molecule has 2 aliphatic rings. The van der Waals surface area contributed by atoms with E-state index in [1.807, 2.05) is 0 Å². The molecule has 2 N–H and O–H groups in total. The number of hydrogen-bond donors (Lipinski definition) is 2. The third-order valence-electron chi connectivity index (χ3n) is 4.86. The minimum absolute atomic E-state index is 0.0812. The van der Waals surface area contributed by atoms with Crippen LogP contribution < -0.4 is 5.32 Å². The van der Waals surface area contributed by atoms with E-state index >= 15 is 0 Å². The molecule has 0 aromatic rings. The molecule has 0 aromatic carbocycles. The lowest BCUT2D eigenvalue weighted by Gasteiger charge is -2.23. The number of rotatable bonds is 6. The second-order valence-electron chi connectivity index (χ2n) is 6.26. The van der Waals surface area contributed by atoms with Crippen molar-refractivity contribution in [3.05, 3.63) is 0 Å². The Bertz CT molecular complexity index is 328. The molecule has 19 heavy (non-hydrogen) atoms. The van der Waals surface area contributed by atoms with Crippen molar-refractivity contribution in [1.82, 2.24) is 5.32 Å². The summed E-state index contributed by atoms with van der Waals surface area (Å²) in [6.07, 6.45) is 9.59. The van der Waals surface area contributed by atoms with Gasteiger partial charge in [0.05, 0.1) is 5.41 Å². The van der Waals surface area contributed by atoms with Crippen molar-refractivity contribution in [3.63, 3.8) is 0 Å². The van der Waals surface area contributed by atoms with E-state index in [0.717, 1.165) is 25.2 Å². The minimum Gasteiger partial charge on any atom is -0.481 e. The SMILES string of the molecule is O=C(CC1(C(=O)O)CCCC1)NCCC1CCCC1. The van der Waals surface area contributed by atoms with Crippen molar-refractivity contribution in [3.8, 4) is 0 Å². The molecule has 0 aromatic heterocycles. The van der Waals surface area contributed by atoms with Crippen molar-refractivity contribution in [2.24, 2.45) is 11.3 Å². The zero-order valence-electron chi connectivity index (χ0n) is 11.6. The molecule has 4 heteroatoms. The first-order valence-corrected chi connectivity index (χ1v) is 7.62. The molecule has 0 atom stereocenters. The first-order valence-electron chi connectivity index (χ1n) is 7.62. The summed E-state index contributed by atoms with van der Waals surface area (Å²) in [5.74, 6) is -0.113. The smallest absolute Gasteiger partial charge is 0.310 e. The summed E-state index contributed by atoms with van der Waals surface area (Å²) >= 11 is 0. The Labute approximate surface area is 115 Å². The molecule has 0 bridgehead atoms. The number of hydrogen-bond acceptors (Lipinski definition) is 2. The lowest BCUT2D eigenvalue weighted by Crippen LogP contribution is -2.36. The molecular formula is C15H25NO3. The van der Waals surface area contributed by atoms with Crippen molar-refractivity contribution in [2.75, 3.05) is 6.54 Å². The Kier molecular flexibility index (Phi) is 4.83. The van der Waals surface area contributed by atoms with Gasteiger partial charge in [0.1, 0.15) is 0 Å². The number of nitrogens with one attached hydrogen (secondary N) is 1. The van der Waals surface area contributed by atoms with E-state index < -0.39 is 11.4 Å². The highest BCUT2D eigenvalue weighted by Crippen LogP contribution is 2.41. The second kappa shape index (κ2) is 6.40. The molecule has 0 saturated heterocycles. The van der Waals surface area contributed by atoms with Gasteiger partial charge in [-0.3, -0.25) is 9.59 Å². The van der Waals surface area contributed by atoms with Crippen LogP contribution in [0.1, 0.15) is 64.2 Å². The fourth-order valence-electron chi connectivity index (χ4n) is 3.60. The molecule has 2 saturated carbocycles. The molecule has 0 aliphatic heterocycles. The maximum absolute atomic E-state index is 11.9. The Morgan fingerprint density at radius 3 is 2.32 bits per heavy atom. The summed E-state index contributed by atoms with van der Waals surface area (Å²) in [5.41, 5.74) is -0.780. The monoisotopic (exact) mass is 267 g/mol. The van der Waals surface area contributed by atoms with Gasteiger partial charge in [-0.15, -0.1) is 0 Å². The molecule has 2 aliphatic carbocycles. The van der Waals surface area contributed by atoms with Crippen molar-refractivity contribution in [1.29, 1.82) is 0 Å². The zero-order chi connectivity index (χ0) is 13.7. The van der Waals surface area contributed by atoms with E-state index in [-0.39, 0.29) is 12.3 Å². The lowest BCUT2D eigenvalue weighted by atomic mass is 9.82. The predicted octanol–water partition coefficient (Wildman–Crippen LogP) is 2.72. The number of carbonyl (C=O) groups is 2. The van der Waals surface area contributed by atoms with Gasteiger partial charge in [-0.05, 0) is 25.2 Å². The summed E-state index contributed by atoms with van der Waals surface area (Å²) in [5, 5.41) is 12.2. The van der Waals surface area contributed by atoms with Gasteiger partial charge < -0.3 is 10.4 Å². The van der Waals surface area contributed by atoms with Gasteiger partial charge in [-0.1, -0.05) is 38.5 Å². The van der Waals surface area contributed by atoms with E-state index in [4.69, 9.17) is 0 Å². The van der Waals surface area contributed by atoms with Gasteiger partial charge in [0.2, 0.25) is 5.91 Å². The first kappa shape index (κ1) is 14.4. The topological polar surface area (TPSA) is 66.4 Å². The molecule has 0 radical (unpaired) electrons. The summed E-state index contributed by atoms with van der Waals surface area (Å²) in [6.45, 7) is 0.708. The highest BCUT2D eigenvalue weighted by molar-refractivity contribution is 5.85. The molecule has 2 fully saturated rings. The van der Waals surface area contributed by atoms with Gasteiger partial charge in [0, 0.05) is 13.0 Å². The maximum Gasteiger partial charge on any atom is 0.310 e. The van der Waals surface area contributed by atoms with E-state index in [1.54, 1.807) is 0 Å². The second-order valence-corrected chi connectivity index (χ2v) is 6.26. The lowest BCUT2D eigenvalue weighted by molar-refractivity contribution is -0.151. The van der Waals surface area contributed by atoms with Crippen LogP contribution in [0, 0.1) is 11.3 Å². The standard InChI is InChI=1S/C15H25NO3/c17-13(16-10-7-12-5-1-2-6-12)11-15(14(18)19)8-3-4-9-15/h12H,1-11H2,(H,16,17)(H,18,19). The van der Waals surface area contributed by atoms with Crippen molar-refractivity contribution < 1.29 is 14.7 Å². The Morgan fingerprint density at radius 1 is 1.11 bits per heavy atom. The quantitative estimate of drug-likeness (QED) is 0.777. The number of carboxylic acid groups (broad SMARTS) is 1. The Balaban J connectivity index is 1.72. The average Bonchev–Trinajstić information content (AvgIpc) is 3.00. The fraction of sp³-hybridized carbons (Fsp3) is 0.867. The molecule has 2 rings (SSSR count). The molecule has 108 valence electrons. The Hall–Kier alpha value is -1.06. The van der Waals surface area contributed by atoms with Gasteiger partial charge >= 0.3 is 5.97 Å². The number of carboxylic acids is 1. The summed E-state index contributed by atoms with van der Waals surface area (Å²) in [4.78, 5) is 23.3. The molecular weight excluding hydrogens is 242 g/mol. The third-order valence-corrected chi connectivity index (χ3v) is 4.86. The van der Waals surface area contributed by atoms with Crippen LogP contribution >= 0.6 is 0 Å². The van der Waals surface area contributed by atoms with Gasteiger partial charge in [-0.2, -0.15) is 0 Å². The zero-order valence-corrected chi connectivity index (χ0v) is 11.6. The molecule has 1 amide bonds. The maximum atomic E-state index is 11.9. The van der Waals surface area contributed by atoms with E-state index in [0.29, 0.717) is 19.4 Å². The van der Waals surface area contributed by atoms with Gasteiger partial charge in [0.15, 0.2) is 0 Å². The van der Waals surface area contributed by atoms with E-state index in [1.165, 1.54) is 25.7 Å². The minimum atomic E-state index is -0.795. The van der Waals surface area contributed by atoms with Crippen LogP contribution in [0.5, 0.6) is 0 Å². The predicted molar refractivity (Wildman–Crippen MR) is 72.7 cm³/mol. The van der Waals surface area contributed by atoms with Gasteiger partial charge in [0.25, 0.3) is 0 Å². The summed E-state index contributed by atoms with van der Waals surface area (Å²) < 4.78 is 0. The molecule has 0 heterocycles. The normalized spacial score (nSPS) is 22.5. The van der Waals surface area contributed by atoms with Crippen LogP contribution in [0.2, 0.25) is 0 Å².